The van der Waals surface area contributed by atoms with Gasteiger partial charge in [0.1, 0.15) is 5.66 Å². The van der Waals surface area contributed by atoms with E-state index in [9.17, 15) is 0 Å². The summed E-state index contributed by atoms with van der Waals surface area (Å²) < 4.78 is 0. The molecule has 1 heterocycles. The Labute approximate surface area is 66.6 Å². The normalized spacial score (nSPS) is 20.8. The lowest BCUT2D eigenvalue weighted by Crippen LogP contribution is -2.64. The van der Waals surface area contributed by atoms with Crippen LogP contribution in [0, 0.1) is 0 Å². The van der Waals surface area contributed by atoms with E-state index in [0.29, 0.717) is 0 Å². The molecule has 1 aliphatic heterocycles. The minimum absolute atomic E-state index is 0.227. The van der Waals surface area contributed by atoms with Gasteiger partial charge in [0.25, 0.3) is 0 Å². The fourth-order valence-corrected chi connectivity index (χ4v) is 1.22. The van der Waals surface area contributed by atoms with Gasteiger partial charge < -0.3 is 10.7 Å². The van der Waals surface area contributed by atoms with Crippen LogP contribution in [0.4, 0.5) is 0 Å². The molecule has 0 atom stereocenters. The van der Waals surface area contributed by atoms with Gasteiger partial charge in [-0.1, -0.05) is 0 Å². The SMILES string of the molecule is CNC1=NNCC1(NC)NC. The summed E-state index contributed by atoms with van der Waals surface area (Å²) in [7, 11) is 5.65. The summed E-state index contributed by atoms with van der Waals surface area (Å²) in [6, 6.07) is 0. The van der Waals surface area contributed by atoms with Crippen molar-refractivity contribution in [1.29, 1.82) is 0 Å². The second-order valence-electron chi connectivity index (χ2n) is 2.45. The van der Waals surface area contributed by atoms with Crippen LogP contribution in [0.1, 0.15) is 0 Å². The maximum atomic E-state index is 4.08. The zero-order valence-corrected chi connectivity index (χ0v) is 7.15. The fraction of sp³-hybridized carbons (Fsp3) is 0.833. The van der Waals surface area contributed by atoms with Crippen molar-refractivity contribution in [3.63, 3.8) is 0 Å². The average Bonchev–Trinajstić information content (AvgIpc) is 2.47. The third kappa shape index (κ3) is 1.17. The number of hydrazone groups is 1. The summed E-state index contributed by atoms with van der Waals surface area (Å²) >= 11 is 0. The Bertz CT molecular complexity index is 160. The number of rotatable bonds is 2. The molecule has 1 aliphatic rings. The summed E-state index contributed by atoms with van der Waals surface area (Å²) in [6.07, 6.45) is 0. The van der Waals surface area contributed by atoms with Gasteiger partial charge in [-0.3, -0.25) is 10.6 Å². The Morgan fingerprint density at radius 2 is 2.00 bits per heavy atom. The van der Waals surface area contributed by atoms with Crippen molar-refractivity contribution < 1.29 is 0 Å². The molecule has 0 bridgehead atoms. The lowest BCUT2D eigenvalue weighted by molar-refractivity contribution is 0.406. The summed E-state index contributed by atoms with van der Waals surface area (Å²) in [6.45, 7) is 0.760. The predicted octanol–water partition coefficient (Wildman–Crippen LogP) is -1.74. The number of amidine groups is 1. The Balaban J connectivity index is 2.75. The number of nitrogens with one attached hydrogen (secondary N) is 4. The molecular formula is C6H15N5. The number of hydrogen-bond donors (Lipinski definition) is 4. The van der Waals surface area contributed by atoms with Gasteiger partial charge in [0.05, 0.1) is 6.54 Å². The molecule has 0 saturated carbocycles. The van der Waals surface area contributed by atoms with Crippen molar-refractivity contribution in [1.82, 2.24) is 21.4 Å². The molecule has 0 aliphatic carbocycles. The van der Waals surface area contributed by atoms with Gasteiger partial charge >= 0.3 is 0 Å². The molecule has 5 nitrogen and oxygen atoms in total. The second kappa shape index (κ2) is 3.06. The molecule has 1 rings (SSSR count). The number of likely N-dealkylation sites (N-methyl/N-ethyl adjacent to an activating group) is 3. The molecule has 5 heteroatoms. The maximum absolute atomic E-state index is 4.08. The molecule has 0 unspecified atom stereocenters. The fourth-order valence-electron chi connectivity index (χ4n) is 1.22. The highest BCUT2D eigenvalue weighted by molar-refractivity contribution is 5.92. The van der Waals surface area contributed by atoms with E-state index in [1.807, 2.05) is 21.1 Å². The van der Waals surface area contributed by atoms with E-state index in [4.69, 9.17) is 0 Å². The highest BCUT2D eigenvalue weighted by atomic mass is 15.4. The van der Waals surface area contributed by atoms with Gasteiger partial charge in [-0.15, -0.1) is 0 Å². The molecule has 0 amide bonds. The van der Waals surface area contributed by atoms with Crippen LogP contribution < -0.4 is 21.4 Å². The first kappa shape index (κ1) is 8.29. The molecule has 0 aromatic heterocycles. The molecule has 0 radical (unpaired) electrons. The summed E-state index contributed by atoms with van der Waals surface area (Å²) in [5, 5.41) is 13.4. The standard InChI is InChI=1S/C6H15N5/c1-7-5-6(8-2,9-3)4-10-11-5/h8-10H,4H2,1-3H3,(H,7,11). The molecule has 0 aromatic rings. The van der Waals surface area contributed by atoms with E-state index in [2.05, 4.69) is 26.5 Å². The Kier molecular flexibility index (Phi) is 2.31. The highest BCUT2D eigenvalue weighted by Crippen LogP contribution is 2.03. The first-order valence-electron chi connectivity index (χ1n) is 3.65. The van der Waals surface area contributed by atoms with Gasteiger partial charge in [0, 0.05) is 7.05 Å². The third-order valence-electron chi connectivity index (χ3n) is 2.03. The van der Waals surface area contributed by atoms with Crippen LogP contribution in [-0.2, 0) is 0 Å². The Morgan fingerprint density at radius 1 is 1.36 bits per heavy atom. The van der Waals surface area contributed by atoms with E-state index in [-0.39, 0.29) is 5.66 Å². The molecule has 0 spiro atoms. The van der Waals surface area contributed by atoms with Crippen LogP contribution in [0.25, 0.3) is 0 Å². The zero-order chi connectivity index (χ0) is 8.32. The molecule has 64 valence electrons. The van der Waals surface area contributed by atoms with Gasteiger partial charge in [-0.25, -0.2) is 0 Å². The van der Waals surface area contributed by atoms with Crippen molar-refractivity contribution in [2.24, 2.45) is 5.10 Å². The average molecular weight is 157 g/mol. The van der Waals surface area contributed by atoms with Crippen molar-refractivity contribution in [3.05, 3.63) is 0 Å². The Hall–Kier alpha value is -0.810. The van der Waals surface area contributed by atoms with Crippen molar-refractivity contribution in [3.8, 4) is 0 Å². The van der Waals surface area contributed by atoms with E-state index in [0.717, 1.165) is 12.4 Å². The number of nitrogens with zero attached hydrogens (tertiary/aromatic N) is 1. The summed E-state index contributed by atoms with van der Waals surface area (Å²) in [5.41, 5.74) is 2.69. The second-order valence-corrected chi connectivity index (χ2v) is 2.45. The molecule has 11 heavy (non-hydrogen) atoms. The third-order valence-corrected chi connectivity index (χ3v) is 2.03. The summed E-state index contributed by atoms with van der Waals surface area (Å²) in [4.78, 5) is 0. The van der Waals surface area contributed by atoms with Gasteiger partial charge in [0.2, 0.25) is 0 Å². The zero-order valence-electron chi connectivity index (χ0n) is 7.15. The lowest BCUT2D eigenvalue weighted by Gasteiger charge is -2.28. The van der Waals surface area contributed by atoms with Crippen LogP contribution >= 0.6 is 0 Å². The van der Waals surface area contributed by atoms with Crippen LogP contribution in [0.15, 0.2) is 5.10 Å². The Morgan fingerprint density at radius 3 is 2.36 bits per heavy atom. The summed E-state index contributed by atoms with van der Waals surface area (Å²) in [5.74, 6) is 0.891. The lowest BCUT2D eigenvalue weighted by atomic mass is 10.1. The minimum atomic E-state index is -0.227. The smallest absolute Gasteiger partial charge is 0.159 e. The predicted molar refractivity (Wildman–Crippen MR) is 45.3 cm³/mol. The van der Waals surface area contributed by atoms with Gasteiger partial charge in [-0.05, 0) is 14.1 Å². The van der Waals surface area contributed by atoms with Gasteiger partial charge in [-0.2, -0.15) is 5.10 Å². The van der Waals surface area contributed by atoms with Crippen LogP contribution in [0.2, 0.25) is 0 Å². The maximum Gasteiger partial charge on any atom is 0.159 e. The first-order valence-corrected chi connectivity index (χ1v) is 3.65. The van der Waals surface area contributed by atoms with Crippen molar-refractivity contribution in [2.75, 3.05) is 27.7 Å². The van der Waals surface area contributed by atoms with Crippen LogP contribution in [0.3, 0.4) is 0 Å². The molecule has 0 aromatic carbocycles. The van der Waals surface area contributed by atoms with E-state index >= 15 is 0 Å². The quantitative estimate of drug-likeness (QED) is 0.359. The van der Waals surface area contributed by atoms with E-state index in [1.165, 1.54) is 0 Å². The molecule has 4 N–H and O–H groups in total. The van der Waals surface area contributed by atoms with Crippen LogP contribution in [-0.4, -0.2) is 39.2 Å². The molecule has 0 saturated heterocycles. The largest absolute Gasteiger partial charge is 0.372 e. The van der Waals surface area contributed by atoms with Crippen molar-refractivity contribution >= 4 is 5.84 Å². The van der Waals surface area contributed by atoms with Crippen molar-refractivity contribution in [2.45, 2.75) is 5.66 Å². The molecule has 0 fully saturated rings. The molecular weight excluding hydrogens is 142 g/mol. The number of hydrogen-bond acceptors (Lipinski definition) is 5. The monoisotopic (exact) mass is 157 g/mol. The minimum Gasteiger partial charge on any atom is -0.372 e. The van der Waals surface area contributed by atoms with Gasteiger partial charge in [0.15, 0.2) is 5.84 Å². The van der Waals surface area contributed by atoms with Crippen LogP contribution in [0.5, 0.6) is 0 Å². The van der Waals surface area contributed by atoms with E-state index < -0.39 is 0 Å². The highest BCUT2D eigenvalue weighted by Gasteiger charge is 2.35. The van der Waals surface area contributed by atoms with E-state index in [1.54, 1.807) is 0 Å². The topological polar surface area (TPSA) is 60.5 Å². The first-order chi connectivity index (χ1) is 5.29.